The Morgan fingerprint density at radius 1 is 1.24 bits per heavy atom. The molecule has 0 bridgehead atoms. The molecule has 8 heteroatoms. The number of nitro benzene ring substituents is 1. The Kier molecular flexibility index (Phi) is 4.39. The van der Waals surface area contributed by atoms with Gasteiger partial charge in [-0.25, -0.2) is 4.39 Å². The van der Waals surface area contributed by atoms with Gasteiger partial charge in [0.25, 0.3) is 5.69 Å². The number of halogens is 1. The van der Waals surface area contributed by atoms with Crippen LogP contribution in [0.25, 0.3) is 11.5 Å². The molecule has 1 heterocycles. The van der Waals surface area contributed by atoms with E-state index in [2.05, 4.69) is 10.3 Å². The van der Waals surface area contributed by atoms with Gasteiger partial charge in [0.1, 0.15) is 17.4 Å². The number of nitro groups is 1. The number of aromatic nitrogens is 1. The number of para-hydroxylation sites is 1. The van der Waals surface area contributed by atoms with Crippen LogP contribution in [0.5, 0.6) is 0 Å². The van der Waals surface area contributed by atoms with Crippen molar-refractivity contribution in [3.63, 3.8) is 0 Å². The molecular formula is C17H11FN4O3. The molecule has 0 amide bonds. The molecule has 2 aromatic carbocycles. The second-order valence-electron chi connectivity index (χ2n) is 5.06. The molecule has 0 unspecified atom stereocenters. The fraction of sp³-hybridized carbons (Fsp3) is 0.0588. The Morgan fingerprint density at radius 3 is 2.64 bits per heavy atom. The van der Waals surface area contributed by atoms with Gasteiger partial charge < -0.3 is 9.73 Å². The number of hydrogen-bond donors (Lipinski definition) is 1. The fourth-order valence-corrected chi connectivity index (χ4v) is 2.23. The lowest BCUT2D eigenvalue weighted by molar-refractivity contribution is -0.384. The Morgan fingerprint density at radius 2 is 1.96 bits per heavy atom. The molecule has 3 rings (SSSR count). The molecule has 0 fully saturated rings. The summed E-state index contributed by atoms with van der Waals surface area (Å²) in [5, 5.41) is 23.2. The maximum Gasteiger partial charge on any atom is 0.282 e. The predicted molar refractivity (Wildman–Crippen MR) is 87.0 cm³/mol. The highest BCUT2D eigenvalue weighted by Crippen LogP contribution is 2.32. The van der Waals surface area contributed by atoms with Crippen molar-refractivity contribution in [3.05, 3.63) is 75.7 Å². The van der Waals surface area contributed by atoms with Gasteiger partial charge in [-0.15, -0.1) is 0 Å². The molecule has 124 valence electrons. The van der Waals surface area contributed by atoms with Crippen LogP contribution in [0.1, 0.15) is 11.3 Å². The van der Waals surface area contributed by atoms with E-state index in [4.69, 9.17) is 4.42 Å². The summed E-state index contributed by atoms with van der Waals surface area (Å²) < 4.78 is 18.4. The second-order valence-corrected chi connectivity index (χ2v) is 5.06. The molecule has 25 heavy (non-hydrogen) atoms. The number of oxazole rings is 1. The molecule has 0 saturated carbocycles. The van der Waals surface area contributed by atoms with Crippen LogP contribution in [0, 0.1) is 27.3 Å². The summed E-state index contributed by atoms with van der Waals surface area (Å²) in [5.74, 6) is -0.273. The van der Waals surface area contributed by atoms with Crippen LogP contribution >= 0.6 is 0 Å². The highest BCUT2D eigenvalue weighted by Gasteiger charge is 2.21. The molecule has 3 aromatic rings. The monoisotopic (exact) mass is 338 g/mol. The van der Waals surface area contributed by atoms with Gasteiger partial charge in [-0.3, -0.25) is 10.1 Å². The van der Waals surface area contributed by atoms with E-state index in [1.807, 2.05) is 6.07 Å². The second kappa shape index (κ2) is 6.80. The van der Waals surface area contributed by atoms with Crippen molar-refractivity contribution in [1.29, 1.82) is 5.26 Å². The topological polar surface area (TPSA) is 105 Å². The maximum atomic E-state index is 12.9. The average molecular weight is 338 g/mol. The highest BCUT2D eigenvalue weighted by molar-refractivity contribution is 5.68. The van der Waals surface area contributed by atoms with Gasteiger partial charge in [-0.1, -0.05) is 24.3 Å². The fourth-order valence-electron chi connectivity index (χ4n) is 2.23. The third kappa shape index (κ3) is 3.45. The molecule has 0 aliphatic carbocycles. The standard InChI is InChI=1S/C17H11FN4O3/c18-12-7-5-11(6-8-12)10-20-17-14(9-19)21-16(25-17)13-3-1-2-4-15(13)22(23)24/h1-8,20H,10H2. The zero-order valence-corrected chi connectivity index (χ0v) is 12.8. The lowest BCUT2D eigenvalue weighted by Gasteiger charge is -2.03. The van der Waals surface area contributed by atoms with Gasteiger partial charge in [0.2, 0.25) is 17.5 Å². The largest absolute Gasteiger partial charge is 0.419 e. The molecular weight excluding hydrogens is 327 g/mol. The Hall–Kier alpha value is -3.73. The quantitative estimate of drug-likeness (QED) is 0.559. The van der Waals surface area contributed by atoms with Crippen LogP contribution in [0.2, 0.25) is 0 Å². The summed E-state index contributed by atoms with van der Waals surface area (Å²) in [5.41, 5.74) is 0.765. The lowest BCUT2D eigenvalue weighted by atomic mass is 10.2. The first kappa shape index (κ1) is 16.1. The number of nitrogens with zero attached hydrogens (tertiary/aromatic N) is 3. The Bertz CT molecular complexity index is 961. The molecule has 7 nitrogen and oxygen atoms in total. The number of benzene rings is 2. The van der Waals surface area contributed by atoms with Crippen molar-refractivity contribution < 1.29 is 13.7 Å². The minimum atomic E-state index is -0.544. The first-order valence-electron chi connectivity index (χ1n) is 7.21. The molecule has 0 aliphatic rings. The van der Waals surface area contributed by atoms with Gasteiger partial charge in [-0.05, 0) is 23.8 Å². The van der Waals surface area contributed by atoms with Crippen LogP contribution in [0.15, 0.2) is 52.9 Å². The summed E-state index contributed by atoms with van der Waals surface area (Å²) in [6.07, 6.45) is 0. The third-order valence-corrected chi connectivity index (χ3v) is 3.43. The first-order valence-corrected chi connectivity index (χ1v) is 7.21. The van der Waals surface area contributed by atoms with E-state index in [-0.39, 0.29) is 41.1 Å². The maximum absolute atomic E-state index is 12.9. The van der Waals surface area contributed by atoms with E-state index in [1.54, 1.807) is 18.2 Å². The molecule has 0 saturated heterocycles. The average Bonchev–Trinajstić information content (AvgIpc) is 3.04. The van der Waals surface area contributed by atoms with E-state index < -0.39 is 4.92 Å². The minimum Gasteiger partial charge on any atom is -0.419 e. The van der Waals surface area contributed by atoms with Gasteiger partial charge >= 0.3 is 0 Å². The van der Waals surface area contributed by atoms with Crippen LogP contribution in [0.3, 0.4) is 0 Å². The van der Waals surface area contributed by atoms with Crippen molar-refractivity contribution in [1.82, 2.24) is 4.98 Å². The SMILES string of the molecule is N#Cc1nc(-c2ccccc2[N+](=O)[O-])oc1NCc1ccc(F)cc1. The van der Waals surface area contributed by atoms with E-state index >= 15 is 0 Å². The van der Waals surface area contributed by atoms with Gasteiger partial charge in [-0.2, -0.15) is 10.2 Å². The van der Waals surface area contributed by atoms with E-state index in [1.165, 1.54) is 30.3 Å². The van der Waals surface area contributed by atoms with E-state index in [9.17, 15) is 19.8 Å². The minimum absolute atomic E-state index is 0.0183. The molecule has 0 atom stereocenters. The smallest absolute Gasteiger partial charge is 0.282 e. The molecule has 0 spiro atoms. The van der Waals surface area contributed by atoms with Crippen molar-refractivity contribution in [2.75, 3.05) is 5.32 Å². The molecule has 0 aliphatic heterocycles. The van der Waals surface area contributed by atoms with Crippen LogP contribution in [-0.4, -0.2) is 9.91 Å². The lowest BCUT2D eigenvalue weighted by Crippen LogP contribution is -1.99. The van der Waals surface area contributed by atoms with Crippen molar-refractivity contribution in [3.8, 4) is 17.5 Å². The van der Waals surface area contributed by atoms with Gasteiger partial charge in [0, 0.05) is 12.6 Å². The number of nitrogens with one attached hydrogen (secondary N) is 1. The summed E-state index contributed by atoms with van der Waals surface area (Å²) in [4.78, 5) is 14.6. The third-order valence-electron chi connectivity index (χ3n) is 3.43. The molecule has 0 radical (unpaired) electrons. The van der Waals surface area contributed by atoms with Crippen molar-refractivity contribution in [2.24, 2.45) is 0 Å². The van der Waals surface area contributed by atoms with Crippen molar-refractivity contribution >= 4 is 11.6 Å². The van der Waals surface area contributed by atoms with E-state index in [0.717, 1.165) is 5.56 Å². The summed E-state index contributed by atoms with van der Waals surface area (Å²) in [7, 11) is 0. The summed E-state index contributed by atoms with van der Waals surface area (Å²) in [6, 6.07) is 13.7. The molecule has 1 aromatic heterocycles. The summed E-state index contributed by atoms with van der Waals surface area (Å²) in [6.45, 7) is 0.278. The predicted octanol–water partition coefficient (Wildman–Crippen LogP) is 3.87. The highest BCUT2D eigenvalue weighted by atomic mass is 19.1. The number of nitriles is 1. The number of anilines is 1. The first-order chi connectivity index (χ1) is 12.1. The zero-order valence-electron chi connectivity index (χ0n) is 12.8. The van der Waals surface area contributed by atoms with Gasteiger partial charge in [0.15, 0.2) is 0 Å². The van der Waals surface area contributed by atoms with Gasteiger partial charge in [0.05, 0.1) is 4.92 Å². The zero-order chi connectivity index (χ0) is 17.8. The number of hydrogen-bond acceptors (Lipinski definition) is 6. The van der Waals surface area contributed by atoms with Crippen LogP contribution in [0.4, 0.5) is 16.0 Å². The van der Waals surface area contributed by atoms with E-state index in [0.29, 0.717) is 0 Å². The van der Waals surface area contributed by atoms with Crippen molar-refractivity contribution in [2.45, 2.75) is 6.54 Å². The normalized spacial score (nSPS) is 10.2. The Balaban J connectivity index is 1.89. The van der Waals surface area contributed by atoms with Crippen LogP contribution < -0.4 is 5.32 Å². The Labute approximate surface area is 141 Å². The summed E-state index contributed by atoms with van der Waals surface area (Å²) >= 11 is 0. The van der Waals surface area contributed by atoms with Crippen LogP contribution in [-0.2, 0) is 6.54 Å². The number of rotatable bonds is 5. The molecule has 1 N–H and O–H groups in total.